The predicted molar refractivity (Wildman–Crippen MR) is 43.4 cm³/mol. The summed E-state index contributed by atoms with van der Waals surface area (Å²) in [6, 6.07) is 0. The maximum Gasteiger partial charge on any atom is 0.338 e. The summed E-state index contributed by atoms with van der Waals surface area (Å²) in [5.41, 5.74) is 0. The lowest BCUT2D eigenvalue weighted by molar-refractivity contribution is -0.170. The molecule has 0 unspecified atom stereocenters. The summed E-state index contributed by atoms with van der Waals surface area (Å²) in [6.07, 6.45) is -0.918. The molecule has 4 atom stereocenters. The van der Waals surface area contributed by atoms with E-state index in [1.165, 1.54) is 0 Å². The van der Waals surface area contributed by atoms with Gasteiger partial charge < -0.3 is 18.9 Å². The molecule has 0 N–H and O–H groups in total. The monoisotopic (exact) mass is 200 g/mol. The van der Waals surface area contributed by atoms with Crippen molar-refractivity contribution in [3.8, 4) is 0 Å². The highest BCUT2D eigenvalue weighted by atomic mass is 16.8. The first-order valence-corrected chi connectivity index (χ1v) is 4.74. The molecule has 0 aliphatic carbocycles. The predicted octanol–water partition coefficient (Wildman–Crippen LogP) is -0.169. The lowest BCUT2D eigenvalue weighted by Gasteiger charge is -2.20. The molecule has 3 aliphatic heterocycles. The van der Waals surface area contributed by atoms with Gasteiger partial charge in [-0.05, 0) is 13.8 Å². The van der Waals surface area contributed by atoms with E-state index in [-0.39, 0.29) is 30.4 Å². The summed E-state index contributed by atoms with van der Waals surface area (Å²) in [4.78, 5) is 11.1. The van der Waals surface area contributed by atoms with Crippen molar-refractivity contribution in [3.05, 3.63) is 0 Å². The summed E-state index contributed by atoms with van der Waals surface area (Å²) in [5.74, 6) is -0.849. The highest BCUT2D eigenvalue weighted by molar-refractivity contribution is 5.81. The zero-order chi connectivity index (χ0) is 9.92. The number of hydrogen-bond donors (Lipinski definition) is 0. The molecule has 0 spiro atoms. The Balaban J connectivity index is 1.70. The summed E-state index contributed by atoms with van der Waals surface area (Å²) >= 11 is 0. The smallest absolute Gasteiger partial charge is 0.338 e. The first kappa shape index (κ1) is 8.64. The molecule has 14 heavy (non-hydrogen) atoms. The molecule has 3 rings (SSSR count). The summed E-state index contributed by atoms with van der Waals surface area (Å²) in [7, 11) is 0. The summed E-state index contributed by atoms with van der Waals surface area (Å²) in [5, 5.41) is 0. The molecule has 0 saturated carbocycles. The Bertz CT molecular complexity index is 287. The largest absolute Gasteiger partial charge is 0.455 e. The van der Waals surface area contributed by atoms with Crippen LogP contribution in [-0.4, -0.2) is 42.8 Å². The summed E-state index contributed by atoms with van der Waals surface area (Å²) < 4.78 is 21.3. The van der Waals surface area contributed by atoms with Gasteiger partial charge in [0.2, 0.25) is 0 Å². The van der Waals surface area contributed by atoms with E-state index in [9.17, 15) is 4.79 Å². The number of esters is 1. The van der Waals surface area contributed by atoms with E-state index in [1.54, 1.807) is 0 Å². The molecule has 0 amide bonds. The highest BCUT2D eigenvalue weighted by Crippen LogP contribution is 2.40. The van der Waals surface area contributed by atoms with E-state index in [1.807, 2.05) is 13.8 Å². The van der Waals surface area contributed by atoms with Crippen LogP contribution in [0.4, 0.5) is 0 Å². The van der Waals surface area contributed by atoms with Gasteiger partial charge in [-0.25, -0.2) is 4.79 Å². The van der Waals surface area contributed by atoms with Crippen molar-refractivity contribution >= 4 is 5.97 Å². The third-order valence-electron chi connectivity index (χ3n) is 2.73. The fraction of sp³-hybridized carbons (Fsp3) is 0.889. The molecule has 0 aromatic carbocycles. The Kier molecular flexibility index (Phi) is 1.53. The first-order chi connectivity index (χ1) is 6.57. The second kappa shape index (κ2) is 2.48. The number of rotatable bonds is 1. The molecule has 0 aromatic rings. The van der Waals surface area contributed by atoms with Crippen molar-refractivity contribution in [1.29, 1.82) is 0 Å². The molecule has 0 bridgehead atoms. The number of epoxide rings is 1. The average molecular weight is 200 g/mol. The lowest BCUT2D eigenvalue weighted by atomic mass is 10.1. The van der Waals surface area contributed by atoms with E-state index >= 15 is 0 Å². The minimum atomic E-state index is -0.579. The van der Waals surface area contributed by atoms with Gasteiger partial charge in [0.1, 0.15) is 12.2 Å². The normalized spacial score (nSPS) is 48.9. The van der Waals surface area contributed by atoms with E-state index in [0.29, 0.717) is 6.61 Å². The molecule has 78 valence electrons. The second-order valence-corrected chi connectivity index (χ2v) is 4.29. The number of carbonyl (C=O) groups is 1. The van der Waals surface area contributed by atoms with Gasteiger partial charge in [-0.15, -0.1) is 0 Å². The van der Waals surface area contributed by atoms with Crippen molar-refractivity contribution in [3.63, 3.8) is 0 Å². The molecule has 3 aliphatic rings. The van der Waals surface area contributed by atoms with Gasteiger partial charge >= 0.3 is 5.97 Å². The molecule has 5 nitrogen and oxygen atoms in total. The number of fused-ring (bicyclic) bond motifs is 1. The van der Waals surface area contributed by atoms with E-state index in [4.69, 9.17) is 18.9 Å². The minimum absolute atomic E-state index is 0.106. The topological polar surface area (TPSA) is 57.3 Å². The van der Waals surface area contributed by atoms with Gasteiger partial charge in [-0.2, -0.15) is 0 Å². The molecule has 3 saturated heterocycles. The number of carbonyl (C=O) groups excluding carboxylic acids is 1. The standard InChI is InChI=1S/C9H12O5/c1-9(2)11-3-4(14-9)5-6-7(12-6)8(10)13-5/h4-7H,3H2,1-2H3/t4-,5-,6+,7+/m1/s1. The van der Waals surface area contributed by atoms with Crippen LogP contribution in [0.15, 0.2) is 0 Å². The zero-order valence-corrected chi connectivity index (χ0v) is 8.06. The third-order valence-corrected chi connectivity index (χ3v) is 2.73. The van der Waals surface area contributed by atoms with Crippen LogP contribution in [-0.2, 0) is 23.7 Å². The van der Waals surface area contributed by atoms with Gasteiger partial charge in [0.15, 0.2) is 18.0 Å². The maximum atomic E-state index is 11.1. The average Bonchev–Trinajstić information content (AvgIpc) is 2.72. The van der Waals surface area contributed by atoms with Crippen molar-refractivity contribution in [1.82, 2.24) is 0 Å². The van der Waals surface area contributed by atoms with Gasteiger partial charge in [0.25, 0.3) is 0 Å². The molecule has 3 fully saturated rings. The Morgan fingerprint density at radius 2 is 2.14 bits per heavy atom. The van der Waals surface area contributed by atoms with Crippen LogP contribution >= 0.6 is 0 Å². The van der Waals surface area contributed by atoms with Gasteiger partial charge in [0.05, 0.1) is 6.61 Å². The fourth-order valence-corrected chi connectivity index (χ4v) is 2.00. The first-order valence-electron chi connectivity index (χ1n) is 4.74. The van der Waals surface area contributed by atoms with Crippen LogP contribution < -0.4 is 0 Å². The van der Waals surface area contributed by atoms with Crippen molar-refractivity contribution in [2.45, 2.75) is 44.1 Å². The van der Waals surface area contributed by atoms with Crippen LogP contribution in [0.1, 0.15) is 13.8 Å². The van der Waals surface area contributed by atoms with Crippen LogP contribution in [0.2, 0.25) is 0 Å². The highest BCUT2D eigenvalue weighted by Gasteiger charge is 2.63. The number of cyclic esters (lactones) is 1. The lowest BCUT2D eigenvalue weighted by Crippen LogP contribution is -2.35. The molecule has 0 radical (unpaired) electrons. The Morgan fingerprint density at radius 3 is 2.57 bits per heavy atom. The third kappa shape index (κ3) is 1.16. The second-order valence-electron chi connectivity index (χ2n) is 4.29. The van der Waals surface area contributed by atoms with Gasteiger partial charge in [-0.1, -0.05) is 0 Å². The van der Waals surface area contributed by atoms with Gasteiger partial charge in [0, 0.05) is 0 Å². The molecule has 0 aromatic heterocycles. The van der Waals surface area contributed by atoms with Crippen molar-refractivity contribution in [2.75, 3.05) is 6.61 Å². The molecule has 3 heterocycles. The van der Waals surface area contributed by atoms with Crippen LogP contribution in [0.5, 0.6) is 0 Å². The SMILES string of the molecule is CC1(C)OC[C@H]([C@H]2OC(=O)[C@H]3O[C@@H]23)O1. The van der Waals surface area contributed by atoms with E-state index < -0.39 is 5.79 Å². The van der Waals surface area contributed by atoms with Crippen LogP contribution in [0, 0.1) is 0 Å². The van der Waals surface area contributed by atoms with Crippen molar-refractivity contribution in [2.24, 2.45) is 0 Å². The van der Waals surface area contributed by atoms with Crippen LogP contribution in [0.3, 0.4) is 0 Å². The number of hydrogen-bond acceptors (Lipinski definition) is 5. The quantitative estimate of drug-likeness (QED) is 0.434. The summed E-state index contributed by atoms with van der Waals surface area (Å²) in [6.45, 7) is 4.14. The van der Waals surface area contributed by atoms with Gasteiger partial charge in [-0.3, -0.25) is 0 Å². The molecular weight excluding hydrogens is 188 g/mol. The van der Waals surface area contributed by atoms with E-state index in [0.717, 1.165) is 0 Å². The number of ether oxygens (including phenoxy) is 4. The zero-order valence-electron chi connectivity index (χ0n) is 8.06. The van der Waals surface area contributed by atoms with Crippen LogP contribution in [0.25, 0.3) is 0 Å². The van der Waals surface area contributed by atoms with Crippen molar-refractivity contribution < 1.29 is 23.7 Å². The molecular formula is C9H12O5. The fourth-order valence-electron chi connectivity index (χ4n) is 2.00. The minimum Gasteiger partial charge on any atom is -0.455 e. The molecule has 5 heteroatoms. The Morgan fingerprint density at radius 1 is 1.36 bits per heavy atom. The maximum absolute atomic E-state index is 11.1. The Hall–Kier alpha value is -0.650. The Labute approximate surface area is 81.3 Å². The van der Waals surface area contributed by atoms with E-state index in [2.05, 4.69) is 0 Å².